The molecule has 110 valence electrons. The monoisotopic (exact) mass is 313 g/mol. The number of hydrogen-bond acceptors (Lipinski definition) is 2. The van der Waals surface area contributed by atoms with Gasteiger partial charge in [-0.25, -0.2) is 0 Å². The second kappa shape index (κ2) is 9.17. The summed E-state index contributed by atoms with van der Waals surface area (Å²) in [7, 11) is 0. The molecule has 1 fully saturated rings. The molecule has 1 aromatic carbocycles. The molecule has 1 aliphatic heterocycles. The normalized spacial score (nSPS) is 16.1. The first kappa shape index (κ1) is 17.2. The molecule has 0 unspecified atom stereocenters. The van der Waals surface area contributed by atoms with Crippen LogP contribution in [0.3, 0.4) is 0 Å². The van der Waals surface area contributed by atoms with Crippen molar-refractivity contribution in [2.75, 3.05) is 19.6 Å². The third-order valence-corrected chi connectivity index (χ3v) is 3.82. The molecule has 2 rings (SSSR count). The van der Waals surface area contributed by atoms with Crippen LogP contribution in [0, 0.1) is 0 Å². The van der Waals surface area contributed by atoms with Gasteiger partial charge in [0.15, 0.2) is 5.78 Å². The fraction of sp³-hybridized carbons (Fsp3) is 0.438. The Bertz CT molecular complexity index is 454. The molecular weight excluding hydrogens is 293 g/mol. The molecular formula is C16H21Cl2NO. The lowest BCUT2D eigenvalue weighted by Crippen LogP contribution is -2.31. The lowest BCUT2D eigenvalue weighted by atomic mass is 10.1. The molecule has 1 aliphatic rings. The summed E-state index contributed by atoms with van der Waals surface area (Å²) < 4.78 is 0. The highest BCUT2D eigenvalue weighted by Crippen LogP contribution is 2.16. The van der Waals surface area contributed by atoms with Crippen molar-refractivity contribution < 1.29 is 4.79 Å². The Morgan fingerprint density at radius 1 is 1.20 bits per heavy atom. The number of benzene rings is 1. The van der Waals surface area contributed by atoms with Crippen LogP contribution in [-0.2, 0) is 4.79 Å². The van der Waals surface area contributed by atoms with Gasteiger partial charge in [0.25, 0.3) is 0 Å². The minimum Gasteiger partial charge on any atom is -0.303 e. The SMILES string of the molecule is Cl.O=C(C=Cc1ccccc1Cl)CCN1CCCCC1. The molecule has 0 spiro atoms. The van der Waals surface area contributed by atoms with Gasteiger partial charge in [-0.3, -0.25) is 4.79 Å². The first-order chi connectivity index (χ1) is 9.25. The summed E-state index contributed by atoms with van der Waals surface area (Å²) in [5.74, 6) is 0.172. The van der Waals surface area contributed by atoms with E-state index in [1.165, 1.54) is 19.3 Å². The van der Waals surface area contributed by atoms with Crippen molar-refractivity contribution >= 4 is 35.9 Å². The lowest BCUT2D eigenvalue weighted by molar-refractivity contribution is -0.114. The Kier molecular flexibility index (Phi) is 7.90. The quantitative estimate of drug-likeness (QED) is 0.759. The zero-order chi connectivity index (χ0) is 13.5. The minimum absolute atomic E-state index is 0. The Labute approximate surface area is 132 Å². The van der Waals surface area contributed by atoms with Gasteiger partial charge in [0.1, 0.15) is 0 Å². The molecule has 2 nitrogen and oxygen atoms in total. The number of carbonyl (C=O) groups is 1. The van der Waals surface area contributed by atoms with Crippen LogP contribution in [0.1, 0.15) is 31.2 Å². The minimum atomic E-state index is 0. The summed E-state index contributed by atoms with van der Waals surface area (Å²) in [5, 5.41) is 0.683. The van der Waals surface area contributed by atoms with Gasteiger partial charge in [-0.05, 0) is 49.7 Å². The van der Waals surface area contributed by atoms with Gasteiger partial charge < -0.3 is 4.90 Å². The van der Waals surface area contributed by atoms with Crippen molar-refractivity contribution in [3.8, 4) is 0 Å². The van der Waals surface area contributed by atoms with Crippen molar-refractivity contribution in [3.05, 3.63) is 40.9 Å². The summed E-state index contributed by atoms with van der Waals surface area (Å²) in [6.45, 7) is 3.16. The molecule has 0 N–H and O–H groups in total. The van der Waals surface area contributed by atoms with Crippen molar-refractivity contribution in [1.82, 2.24) is 4.90 Å². The van der Waals surface area contributed by atoms with Crippen LogP contribution in [-0.4, -0.2) is 30.3 Å². The number of ketones is 1. The molecule has 0 atom stereocenters. The first-order valence-corrected chi connectivity index (χ1v) is 7.31. The van der Waals surface area contributed by atoms with E-state index in [4.69, 9.17) is 11.6 Å². The zero-order valence-electron chi connectivity index (χ0n) is 11.6. The number of likely N-dealkylation sites (tertiary alicyclic amines) is 1. The largest absolute Gasteiger partial charge is 0.303 e. The van der Waals surface area contributed by atoms with Crippen LogP contribution in [0.15, 0.2) is 30.3 Å². The average Bonchev–Trinajstić information content (AvgIpc) is 2.45. The Balaban J connectivity index is 0.00000200. The van der Waals surface area contributed by atoms with Gasteiger partial charge >= 0.3 is 0 Å². The number of nitrogens with zero attached hydrogens (tertiary/aromatic N) is 1. The maximum absolute atomic E-state index is 11.8. The number of allylic oxidation sites excluding steroid dienone is 1. The van der Waals surface area contributed by atoms with E-state index in [1.807, 2.05) is 24.3 Å². The Morgan fingerprint density at radius 2 is 1.90 bits per heavy atom. The van der Waals surface area contributed by atoms with Crippen LogP contribution < -0.4 is 0 Å². The van der Waals surface area contributed by atoms with Crippen LogP contribution in [0.25, 0.3) is 6.08 Å². The van der Waals surface area contributed by atoms with Gasteiger partial charge in [-0.1, -0.05) is 36.2 Å². The molecule has 0 amide bonds. The maximum Gasteiger partial charge on any atom is 0.156 e. The van der Waals surface area contributed by atoms with Crippen molar-refractivity contribution in [3.63, 3.8) is 0 Å². The van der Waals surface area contributed by atoms with Crippen LogP contribution in [0.4, 0.5) is 0 Å². The number of piperidine rings is 1. The summed E-state index contributed by atoms with van der Waals surface area (Å²) in [6, 6.07) is 7.55. The van der Waals surface area contributed by atoms with Gasteiger partial charge in [-0.2, -0.15) is 0 Å². The predicted octanol–water partition coefficient (Wildman–Crippen LogP) is 4.22. The standard InChI is InChI=1S/C16H20ClNO.ClH/c17-16-7-3-2-6-14(16)8-9-15(19)10-13-18-11-4-1-5-12-18;/h2-3,6-9H,1,4-5,10-13H2;1H. The fourth-order valence-corrected chi connectivity index (χ4v) is 2.53. The van der Waals surface area contributed by atoms with E-state index >= 15 is 0 Å². The molecule has 0 aromatic heterocycles. The smallest absolute Gasteiger partial charge is 0.156 e. The van der Waals surface area contributed by atoms with Crippen molar-refractivity contribution in [2.24, 2.45) is 0 Å². The lowest BCUT2D eigenvalue weighted by Gasteiger charge is -2.25. The average molecular weight is 314 g/mol. The number of carbonyl (C=O) groups excluding carboxylic acids is 1. The molecule has 0 radical (unpaired) electrons. The van der Waals surface area contributed by atoms with E-state index in [2.05, 4.69) is 4.90 Å². The highest BCUT2D eigenvalue weighted by atomic mass is 35.5. The van der Waals surface area contributed by atoms with E-state index in [0.29, 0.717) is 11.4 Å². The molecule has 20 heavy (non-hydrogen) atoms. The third kappa shape index (κ3) is 5.66. The molecule has 1 aromatic rings. The van der Waals surface area contributed by atoms with Gasteiger partial charge in [0, 0.05) is 18.0 Å². The summed E-state index contributed by atoms with van der Waals surface area (Å²) >= 11 is 6.04. The van der Waals surface area contributed by atoms with Crippen LogP contribution in [0.2, 0.25) is 5.02 Å². The third-order valence-electron chi connectivity index (χ3n) is 3.48. The second-order valence-corrected chi connectivity index (χ2v) is 5.38. The van der Waals surface area contributed by atoms with E-state index < -0.39 is 0 Å². The van der Waals surface area contributed by atoms with E-state index in [1.54, 1.807) is 12.2 Å². The van der Waals surface area contributed by atoms with Crippen LogP contribution in [0.5, 0.6) is 0 Å². The number of halogens is 2. The van der Waals surface area contributed by atoms with E-state index in [0.717, 1.165) is 25.2 Å². The first-order valence-electron chi connectivity index (χ1n) is 6.93. The summed E-state index contributed by atoms with van der Waals surface area (Å²) in [6.07, 6.45) is 7.91. The molecule has 4 heteroatoms. The van der Waals surface area contributed by atoms with Crippen molar-refractivity contribution in [2.45, 2.75) is 25.7 Å². The maximum atomic E-state index is 11.8. The molecule has 0 aliphatic carbocycles. The summed E-state index contributed by atoms with van der Waals surface area (Å²) in [5.41, 5.74) is 0.899. The second-order valence-electron chi connectivity index (χ2n) is 4.97. The summed E-state index contributed by atoms with van der Waals surface area (Å²) in [4.78, 5) is 14.2. The van der Waals surface area contributed by atoms with Gasteiger partial charge in [-0.15, -0.1) is 12.4 Å². The molecule has 0 bridgehead atoms. The topological polar surface area (TPSA) is 20.3 Å². The fourth-order valence-electron chi connectivity index (χ4n) is 2.33. The van der Waals surface area contributed by atoms with Crippen LogP contribution >= 0.6 is 24.0 Å². The molecule has 0 saturated carbocycles. The zero-order valence-corrected chi connectivity index (χ0v) is 13.1. The van der Waals surface area contributed by atoms with Gasteiger partial charge in [0.2, 0.25) is 0 Å². The Morgan fingerprint density at radius 3 is 2.60 bits per heavy atom. The predicted molar refractivity (Wildman–Crippen MR) is 87.6 cm³/mol. The van der Waals surface area contributed by atoms with Crippen molar-refractivity contribution in [1.29, 1.82) is 0 Å². The molecule has 1 heterocycles. The van der Waals surface area contributed by atoms with E-state index in [9.17, 15) is 4.79 Å². The Hall–Kier alpha value is -0.830. The molecule has 1 saturated heterocycles. The highest BCUT2D eigenvalue weighted by Gasteiger charge is 2.10. The number of rotatable bonds is 5. The highest BCUT2D eigenvalue weighted by molar-refractivity contribution is 6.32. The van der Waals surface area contributed by atoms with E-state index in [-0.39, 0.29) is 18.2 Å². The number of hydrogen-bond donors (Lipinski definition) is 0. The van der Waals surface area contributed by atoms with Gasteiger partial charge in [0.05, 0.1) is 0 Å².